The molecule has 4 nitrogen and oxygen atoms in total. The molecule has 1 rings (SSSR count). The minimum absolute atomic E-state index is 0.0281. The van der Waals surface area contributed by atoms with Gasteiger partial charge in [0, 0.05) is 0 Å². The third-order valence-corrected chi connectivity index (χ3v) is 2.89. The lowest BCUT2D eigenvalue weighted by molar-refractivity contribution is -0.158. The van der Waals surface area contributed by atoms with Crippen molar-refractivity contribution in [3.63, 3.8) is 0 Å². The lowest BCUT2D eigenvalue weighted by Crippen LogP contribution is -2.25. The molecule has 0 bridgehead atoms. The Morgan fingerprint density at radius 1 is 1.09 bits per heavy atom. The summed E-state index contributed by atoms with van der Waals surface area (Å²) in [4.78, 5) is 22.9. The predicted octanol–water partition coefficient (Wildman–Crippen LogP) is 3.07. The van der Waals surface area contributed by atoms with E-state index in [1.165, 1.54) is 24.3 Å². The zero-order valence-electron chi connectivity index (χ0n) is 12.0. The van der Waals surface area contributed by atoms with Gasteiger partial charge in [-0.3, -0.25) is 9.59 Å². The molecule has 0 spiro atoms. The fraction of sp³-hybridized carbons (Fsp3) is 0.333. The molecule has 0 atom stereocenters. The van der Waals surface area contributed by atoms with Crippen LogP contribution in [0.25, 0.3) is 6.08 Å². The topological polar surface area (TPSA) is 52.6 Å². The molecule has 1 aromatic carbocycles. The highest BCUT2D eigenvalue weighted by Crippen LogP contribution is 2.29. The van der Waals surface area contributed by atoms with Gasteiger partial charge in [-0.05, 0) is 24.1 Å². The SMILES string of the molecule is COC(=O)C(C/C=C/c1ccc(C(F)(F)F)cc1)C(=O)OC. The second-order valence-electron chi connectivity index (χ2n) is 4.36. The van der Waals surface area contributed by atoms with Crippen LogP contribution in [-0.4, -0.2) is 26.2 Å². The Morgan fingerprint density at radius 3 is 2.00 bits per heavy atom. The molecule has 0 unspecified atom stereocenters. The van der Waals surface area contributed by atoms with Crippen molar-refractivity contribution in [1.29, 1.82) is 0 Å². The molecule has 0 fully saturated rings. The highest BCUT2D eigenvalue weighted by molar-refractivity contribution is 5.95. The Labute approximate surface area is 125 Å². The summed E-state index contributed by atoms with van der Waals surface area (Å²) in [5.74, 6) is -2.56. The number of halogens is 3. The molecule has 0 saturated heterocycles. The van der Waals surface area contributed by atoms with Crippen molar-refractivity contribution in [2.75, 3.05) is 14.2 Å². The molecule has 120 valence electrons. The van der Waals surface area contributed by atoms with Crippen LogP contribution in [0.2, 0.25) is 0 Å². The van der Waals surface area contributed by atoms with Gasteiger partial charge >= 0.3 is 18.1 Å². The normalized spacial score (nSPS) is 11.7. The maximum Gasteiger partial charge on any atom is 0.416 e. The zero-order chi connectivity index (χ0) is 16.8. The Morgan fingerprint density at radius 2 is 1.59 bits per heavy atom. The van der Waals surface area contributed by atoms with Crippen LogP contribution in [0.1, 0.15) is 17.5 Å². The fourth-order valence-corrected chi connectivity index (χ4v) is 1.70. The average Bonchev–Trinajstić information content (AvgIpc) is 2.49. The van der Waals surface area contributed by atoms with Gasteiger partial charge in [0.1, 0.15) is 0 Å². The van der Waals surface area contributed by atoms with Crippen molar-refractivity contribution < 1.29 is 32.2 Å². The molecular weight excluding hydrogens is 301 g/mol. The number of benzene rings is 1. The summed E-state index contributed by atoms with van der Waals surface area (Å²) in [6.07, 6.45) is -1.34. The van der Waals surface area contributed by atoms with Crippen molar-refractivity contribution in [2.24, 2.45) is 5.92 Å². The van der Waals surface area contributed by atoms with Crippen LogP contribution >= 0.6 is 0 Å². The van der Waals surface area contributed by atoms with Gasteiger partial charge < -0.3 is 9.47 Å². The first-order chi connectivity index (χ1) is 10.3. The van der Waals surface area contributed by atoms with E-state index in [0.29, 0.717) is 5.56 Å². The van der Waals surface area contributed by atoms with E-state index in [-0.39, 0.29) is 6.42 Å². The van der Waals surface area contributed by atoms with Crippen LogP contribution < -0.4 is 0 Å². The average molecular weight is 316 g/mol. The smallest absolute Gasteiger partial charge is 0.416 e. The van der Waals surface area contributed by atoms with E-state index >= 15 is 0 Å². The summed E-state index contributed by atoms with van der Waals surface area (Å²) < 4.78 is 46.2. The van der Waals surface area contributed by atoms with Gasteiger partial charge in [-0.25, -0.2) is 0 Å². The Balaban J connectivity index is 2.75. The summed E-state index contributed by atoms with van der Waals surface area (Å²) in [5.41, 5.74) is -0.229. The highest BCUT2D eigenvalue weighted by Gasteiger charge is 2.30. The standard InChI is InChI=1S/C15H15F3O4/c1-21-13(19)12(14(20)22-2)5-3-4-10-6-8-11(9-7-10)15(16,17)18/h3-4,6-9,12H,5H2,1-2H3/b4-3+. The van der Waals surface area contributed by atoms with Crippen LogP contribution in [0, 0.1) is 5.92 Å². The first kappa shape index (κ1) is 17.7. The number of ether oxygens (including phenoxy) is 2. The summed E-state index contributed by atoms with van der Waals surface area (Å²) in [6, 6.07) is 4.50. The number of esters is 2. The minimum atomic E-state index is -4.39. The van der Waals surface area contributed by atoms with Gasteiger partial charge in [-0.1, -0.05) is 24.3 Å². The molecule has 0 heterocycles. The van der Waals surface area contributed by atoms with Crippen molar-refractivity contribution in [3.05, 3.63) is 41.5 Å². The molecule has 1 aromatic rings. The number of allylic oxidation sites excluding steroid dienone is 1. The van der Waals surface area contributed by atoms with Crippen LogP contribution in [0.5, 0.6) is 0 Å². The van der Waals surface area contributed by atoms with Crippen LogP contribution in [0.4, 0.5) is 13.2 Å². The van der Waals surface area contributed by atoms with E-state index in [2.05, 4.69) is 9.47 Å². The summed E-state index contributed by atoms with van der Waals surface area (Å²) in [6.45, 7) is 0. The van der Waals surface area contributed by atoms with Crippen molar-refractivity contribution in [3.8, 4) is 0 Å². The summed E-state index contributed by atoms with van der Waals surface area (Å²) in [7, 11) is 2.30. The number of rotatable bonds is 5. The van der Waals surface area contributed by atoms with Gasteiger partial charge in [0.2, 0.25) is 0 Å². The molecular formula is C15H15F3O4. The lowest BCUT2D eigenvalue weighted by atomic mass is 10.0. The number of alkyl halides is 3. The molecule has 0 radical (unpaired) electrons. The predicted molar refractivity (Wildman–Crippen MR) is 72.6 cm³/mol. The minimum Gasteiger partial charge on any atom is -0.468 e. The molecule has 0 N–H and O–H groups in total. The first-order valence-corrected chi connectivity index (χ1v) is 6.29. The van der Waals surface area contributed by atoms with Gasteiger partial charge in [-0.2, -0.15) is 13.2 Å². The number of carbonyl (C=O) groups is 2. The molecule has 0 aliphatic heterocycles. The fourth-order valence-electron chi connectivity index (χ4n) is 1.70. The second kappa shape index (κ2) is 7.63. The highest BCUT2D eigenvalue weighted by atomic mass is 19.4. The Hall–Kier alpha value is -2.31. The largest absolute Gasteiger partial charge is 0.468 e. The third kappa shape index (κ3) is 4.91. The molecule has 0 saturated carbocycles. The van der Waals surface area contributed by atoms with Crippen molar-refractivity contribution >= 4 is 18.0 Å². The van der Waals surface area contributed by atoms with Crippen LogP contribution in [0.3, 0.4) is 0 Å². The number of methoxy groups -OCH3 is 2. The van der Waals surface area contributed by atoms with Gasteiger partial charge in [0.15, 0.2) is 5.92 Å². The molecule has 0 amide bonds. The second-order valence-corrected chi connectivity index (χ2v) is 4.36. The maximum absolute atomic E-state index is 12.4. The van der Waals surface area contributed by atoms with Gasteiger partial charge in [0.25, 0.3) is 0 Å². The van der Waals surface area contributed by atoms with Gasteiger partial charge in [-0.15, -0.1) is 0 Å². The van der Waals surface area contributed by atoms with E-state index in [1.807, 2.05) is 0 Å². The quantitative estimate of drug-likeness (QED) is 0.619. The monoisotopic (exact) mass is 316 g/mol. The lowest BCUT2D eigenvalue weighted by Gasteiger charge is -2.09. The number of carbonyl (C=O) groups excluding carboxylic acids is 2. The van der Waals surface area contributed by atoms with E-state index in [9.17, 15) is 22.8 Å². The van der Waals surface area contributed by atoms with Crippen LogP contribution in [0.15, 0.2) is 30.3 Å². The number of hydrogen-bond acceptors (Lipinski definition) is 4. The first-order valence-electron chi connectivity index (χ1n) is 6.29. The van der Waals surface area contributed by atoms with Gasteiger partial charge in [0.05, 0.1) is 19.8 Å². The van der Waals surface area contributed by atoms with E-state index in [4.69, 9.17) is 0 Å². The molecule has 0 aliphatic carbocycles. The van der Waals surface area contributed by atoms with E-state index in [0.717, 1.165) is 26.4 Å². The maximum atomic E-state index is 12.4. The number of hydrogen-bond donors (Lipinski definition) is 0. The van der Waals surface area contributed by atoms with E-state index < -0.39 is 29.6 Å². The van der Waals surface area contributed by atoms with Crippen molar-refractivity contribution in [1.82, 2.24) is 0 Å². The Kier molecular flexibility index (Phi) is 6.15. The van der Waals surface area contributed by atoms with E-state index in [1.54, 1.807) is 0 Å². The molecule has 22 heavy (non-hydrogen) atoms. The zero-order valence-corrected chi connectivity index (χ0v) is 12.0. The molecule has 0 aliphatic rings. The Bertz CT molecular complexity index is 531. The molecule has 7 heteroatoms. The summed E-state index contributed by atoms with van der Waals surface area (Å²) in [5, 5.41) is 0. The van der Waals surface area contributed by atoms with Crippen molar-refractivity contribution in [2.45, 2.75) is 12.6 Å². The third-order valence-electron chi connectivity index (χ3n) is 2.89. The van der Waals surface area contributed by atoms with Crippen LogP contribution in [-0.2, 0) is 25.2 Å². The summed E-state index contributed by atoms with van der Waals surface area (Å²) >= 11 is 0. The molecule has 0 aromatic heterocycles.